The predicted molar refractivity (Wildman–Crippen MR) is 70.0 cm³/mol. The second kappa shape index (κ2) is 5.44. The maximum atomic E-state index is 14.0. The van der Waals surface area contributed by atoms with Crippen LogP contribution in [0.1, 0.15) is 24.9 Å². The zero-order valence-electron chi connectivity index (χ0n) is 11.0. The van der Waals surface area contributed by atoms with Crippen LogP contribution in [0.5, 0.6) is 0 Å². The average molecular weight is 288 g/mol. The Hall–Kier alpha value is -1.56. The maximum absolute atomic E-state index is 14.0. The van der Waals surface area contributed by atoms with Crippen LogP contribution in [-0.2, 0) is 0 Å². The Bertz CT molecular complexity index is 520. The molecule has 0 fully saturated rings. The number of alkyl halides is 3. The van der Waals surface area contributed by atoms with Gasteiger partial charge in [0.2, 0.25) is 0 Å². The Morgan fingerprint density at radius 3 is 2.50 bits per heavy atom. The van der Waals surface area contributed by atoms with Crippen molar-refractivity contribution >= 4 is 5.69 Å². The summed E-state index contributed by atoms with van der Waals surface area (Å²) in [6.45, 7) is 1.89. The molecule has 110 valence electrons. The van der Waals surface area contributed by atoms with Crippen LogP contribution in [0.4, 0.5) is 23.2 Å². The molecule has 1 aromatic rings. The van der Waals surface area contributed by atoms with Crippen molar-refractivity contribution in [1.29, 1.82) is 0 Å². The van der Waals surface area contributed by atoms with Crippen LogP contribution in [-0.4, -0.2) is 19.3 Å². The van der Waals surface area contributed by atoms with Crippen molar-refractivity contribution in [3.05, 3.63) is 41.2 Å². The van der Waals surface area contributed by atoms with Gasteiger partial charge in [0.05, 0.1) is 5.69 Å². The fourth-order valence-electron chi connectivity index (χ4n) is 2.36. The molecule has 0 saturated heterocycles. The third-order valence-corrected chi connectivity index (χ3v) is 3.40. The molecule has 20 heavy (non-hydrogen) atoms. The highest BCUT2D eigenvalue weighted by atomic mass is 19.4. The quantitative estimate of drug-likeness (QED) is 0.666. The molecule has 0 unspecified atom stereocenters. The van der Waals surface area contributed by atoms with Crippen molar-refractivity contribution in [3.63, 3.8) is 0 Å². The minimum Gasteiger partial charge on any atom is -0.365 e. The third kappa shape index (κ3) is 2.95. The predicted octanol–water partition coefficient (Wildman–Crippen LogP) is 3.54. The number of hydrogen-bond acceptors (Lipinski definition) is 2. The van der Waals surface area contributed by atoms with Gasteiger partial charge < -0.3 is 10.6 Å². The number of nitrogens with zero attached hydrogens (tertiary/aromatic N) is 1. The number of rotatable bonds is 2. The molecule has 0 spiro atoms. The first kappa shape index (κ1) is 14.8. The second-order valence-electron chi connectivity index (χ2n) is 4.89. The van der Waals surface area contributed by atoms with E-state index in [0.29, 0.717) is 11.3 Å². The normalized spacial score (nSPS) is 17.9. The number of nitrogens with two attached hydrogens (primary N) is 1. The van der Waals surface area contributed by atoms with Crippen molar-refractivity contribution in [2.45, 2.75) is 25.6 Å². The Labute approximate surface area is 114 Å². The van der Waals surface area contributed by atoms with Crippen LogP contribution >= 0.6 is 0 Å². The molecule has 2 N–H and O–H groups in total. The van der Waals surface area contributed by atoms with E-state index in [4.69, 9.17) is 5.73 Å². The van der Waals surface area contributed by atoms with Gasteiger partial charge in [0, 0.05) is 24.7 Å². The molecule has 2 rings (SSSR count). The molecule has 0 saturated carbocycles. The highest BCUT2D eigenvalue weighted by Crippen LogP contribution is 2.34. The number of halogens is 4. The van der Waals surface area contributed by atoms with Gasteiger partial charge in [0.1, 0.15) is 5.82 Å². The van der Waals surface area contributed by atoms with Gasteiger partial charge in [-0.1, -0.05) is 18.2 Å². The first-order valence-corrected chi connectivity index (χ1v) is 6.36. The summed E-state index contributed by atoms with van der Waals surface area (Å²) in [5, 5.41) is 0. The minimum absolute atomic E-state index is 0.0372. The molecule has 2 nitrogen and oxygen atoms in total. The zero-order chi connectivity index (χ0) is 14.9. The molecule has 1 aromatic carbocycles. The topological polar surface area (TPSA) is 29.3 Å². The average Bonchev–Trinajstić information content (AvgIpc) is 2.37. The van der Waals surface area contributed by atoms with Gasteiger partial charge in [0.25, 0.3) is 0 Å². The van der Waals surface area contributed by atoms with Crippen LogP contribution in [0.15, 0.2) is 29.8 Å². The molecule has 0 amide bonds. The Morgan fingerprint density at radius 1 is 1.30 bits per heavy atom. The zero-order valence-corrected chi connectivity index (χ0v) is 11.0. The number of para-hydroxylation sites is 1. The molecule has 0 aliphatic carbocycles. The largest absolute Gasteiger partial charge is 0.412 e. The summed E-state index contributed by atoms with van der Waals surface area (Å²) in [5.74, 6) is -0.455. The summed E-state index contributed by atoms with van der Waals surface area (Å²) in [5.41, 5.74) is 6.16. The van der Waals surface area contributed by atoms with Gasteiger partial charge in [-0.2, -0.15) is 13.2 Å². The van der Waals surface area contributed by atoms with Gasteiger partial charge >= 0.3 is 6.18 Å². The Balaban J connectivity index is 2.30. The van der Waals surface area contributed by atoms with E-state index >= 15 is 0 Å². The van der Waals surface area contributed by atoms with Crippen molar-refractivity contribution in [2.75, 3.05) is 18.0 Å². The fourth-order valence-corrected chi connectivity index (χ4v) is 2.36. The molecule has 1 aliphatic heterocycles. The van der Waals surface area contributed by atoms with E-state index in [1.54, 1.807) is 24.0 Å². The molecule has 0 aromatic heterocycles. The standard InChI is InChI=1S/C14H16F4N2/c1-9(19)11-3-2-4-12(15)13(11)20-7-5-10(6-8-20)14(16,17)18/h2-5,9H,6-8,19H2,1H3/t9-/m1/s1. The van der Waals surface area contributed by atoms with E-state index in [0.717, 1.165) is 6.08 Å². The molecular formula is C14H16F4N2. The smallest absolute Gasteiger partial charge is 0.365 e. The Kier molecular flexibility index (Phi) is 4.04. The van der Waals surface area contributed by atoms with E-state index in [2.05, 4.69) is 0 Å². The van der Waals surface area contributed by atoms with Crippen LogP contribution in [0.25, 0.3) is 0 Å². The fraction of sp³-hybridized carbons (Fsp3) is 0.429. The summed E-state index contributed by atoms with van der Waals surface area (Å²) in [4.78, 5) is 1.60. The molecule has 0 radical (unpaired) electrons. The lowest BCUT2D eigenvalue weighted by Gasteiger charge is -2.31. The SMILES string of the molecule is C[C@@H](N)c1cccc(F)c1N1CC=C(C(F)(F)F)CC1. The van der Waals surface area contributed by atoms with Gasteiger partial charge in [-0.05, 0) is 25.0 Å². The van der Waals surface area contributed by atoms with Crippen LogP contribution < -0.4 is 10.6 Å². The summed E-state index contributed by atoms with van der Waals surface area (Å²) >= 11 is 0. The van der Waals surface area contributed by atoms with E-state index < -0.39 is 17.6 Å². The van der Waals surface area contributed by atoms with Gasteiger partial charge in [-0.25, -0.2) is 4.39 Å². The summed E-state index contributed by atoms with van der Waals surface area (Å²) in [7, 11) is 0. The summed E-state index contributed by atoms with van der Waals surface area (Å²) < 4.78 is 51.7. The third-order valence-electron chi connectivity index (χ3n) is 3.40. The van der Waals surface area contributed by atoms with Gasteiger partial charge in [0.15, 0.2) is 0 Å². The van der Waals surface area contributed by atoms with Crippen molar-refractivity contribution in [1.82, 2.24) is 0 Å². The van der Waals surface area contributed by atoms with Crippen molar-refractivity contribution in [2.24, 2.45) is 5.73 Å². The van der Waals surface area contributed by atoms with Crippen molar-refractivity contribution in [3.8, 4) is 0 Å². The van der Waals surface area contributed by atoms with Crippen LogP contribution in [0.2, 0.25) is 0 Å². The molecular weight excluding hydrogens is 272 g/mol. The first-order valence-electron chi connectivity index (χ1n) is 6.36. The number of benzene rings is 1. The number of anilines is 1. The summed E-state index contributed by atoms with van der Waals surface area (Å²) in [6.07, 6.45) is -3.33. The van der Waals surface area contributed by atoms with E-state index in [-0.39, 0.29) is 25.6 Å². The van der Waals surface area contributed by atoms with Crippen molar-refractivity contribution < 1.29 is 17.6 Å². The molecule has 1 atom stereocenters. The lowest BCUT2D eigenvalue weighted by Crippen LogP contribution is -2.33. The minimum atomic E-state index is -4.30. The van der Waals surface area contributed by atoms with Gasteiger partial charge in [-0.3, -0.25) is 0 Å². The Morgan fingerprint density at radius 2 is 2.00 bits per heavy atom. The van der Waals surface area contributed by atoms with Gasteiger partial charge in [-0.15, -0.1) is 0 Å². The van der Waals surface area contributed by atoms with Crippen LogP contribution in [0, 0.1) is 5.82 Å². The van der Waals surface area contributed by atoms with E-state index in [1.165, 1.54) is 6.07 Å². The number of hydrogen-bond donors (Lipinski definition) is 1. The lowest BCUT2D eigenvalue weighted by molar-refractivity contribution is -0.0944. The maximum Gasteiger partial charge on any atom is 0.412 e. The second-order valence-corrected chi connectivity index (χ2v) is 4.89. The monoisotopic (exact) mass is 288 g/mol. The van der Waals surface area contributed by atoms with E-state index in [9.17, 15) is 17.6 Å². The molecule has 6 heteroatoms. The summed E-state index contributed by atoms with van der Waals surface area (Å²) in [6, 6.07) is 4.17. The lowest BCUT2D eigenvalue weighted by atomic mass is 10.0. The van der Waals surface area contributed by atoms with E-state index in [1.807, 2.05) is 0 Å². The first-order chi connectivity index (χ1) is 9.30. The molecule has 0 bridgehead atoms. The highest BCUT2D eigenvalue weighted by molar-refractivity contribution is 5.57. The molecule has 1 heterocycles. The molecule has 1 aliphatic rings. The highest BCUT2D eigenvalue weighted by Gasteiger charge is 2.35. The van der Waals surface area contributed by atoms with Crippen LogP contribution in [0.3, 0.4) is 0 Å².